The Morgan fingerprint density at radius 2 is 1.92 bits per heavy atom. The van der Waals surface area contributed by atoms with Crippen LogP contribution in [-0.4, -0.2) is 20.5 Å². The van der Waals surface area contributed by atoms with E-state index in [1.54, 1.807) is 30.6 Å². The third-order valence-electron chi connectivity index (χ3n) is 3.63. The van der Waals surface area contributed by atoms with Gasteiger partial charge in [0.05, 0.1) is 12.0 Å². The Bertz CT molecular complexity index is 964. The van der Waals surface area contributed by atoms with Crippen LogP contribution >= 0.6 is 11.3 Å². The van der Waals surface area contributed by atoms with Crippen molar-refractivity contribution < 1.29 is 13.2 Å². The summed E-state index contributed by atoms with van der Waals surface area (Å²) in [6.07, 6.45) is 0. The minimum absolute atomic E-state index is 0.208. The van der Waals surface area contributed by atoms with Crippen molar-refractivity contribution in [2.24, 2.45) is 0 Å². The summed E-state index contributed by atoms with van der Waals surface area (Å²) in [4.78, 5) is 4.67. The normalized spacial score (nSPS) is 11.4. The summed E-state index contributed by atoms with van der Waals surface area (Å²) < 4.78 is 32.5. The molecule has 0 spiro atoms. The van der Waals surface area contributed by atoms with Gasteiger partial charge in [0.2, 0.25) is 10.0 Å². The van der Waals surface area contributed by atoms with Crippen molar-refractivity contribution in [1.29, 1.82) is 0 Å². The summed E-state index contributed by atoms with van der Waals surface area (Å²) in [6, 6.07) is 14.0. The predicted octanol–water partition coefficient (Wildman–Crippen LogP) is 3.61. The topological polar surface area (TPSA) is 68.3 Å². The van der Waals surface area contributed by atoms with Gasteiger partial charge in [0.1, 0.15) is 10.8 Å². The monoisotopic (exact) mass is 374 g/mol. The first-order valence-corrected chi connectivity index (χ1v) is 9.99. The van der Waals surface area contributed by atoms with Gasteiger partial charge < -0.3 is 4.74 Å². The summed E-state index contributed by atoms with van der Waals surface area (Å²) in [7, 11) is -2.04. The maximum Gasteiger partial charge on any atom is 0.240 e. The second kappa shape index (κ2) is 7.35. The van der Waals surface area contributed by atoms with Gasteiger partial charge >= 0.3 is 0 Å². The van der Waals surface area contributed by atoms with Crippen LogP contribution in [0.2, 0.25) is 0 Å². The predicted molar refractivity (Wildman–Crippen MR) is 99.3 cm³/mol. The van der Waals surface area contributed by atoms with Gasteiger partial charge in [0, 0.05) is 23.2 Å². The molecule has 130 valence electrons. The number of methoxy groups -OCH3 is 1. The highest BCUT2D eigenvalue weighted by Crippen LogP contribution is 2.24. The minimum atomic E-state index is -3.58. The summed E-state index contributed by atoms with van der Waals surface area (Å²) in [5.74, 6) is 0.616. The van der Waals surface area contributed by atoms with Crippen LogP contribution in [0, 0.1) is 6.92 Å². The highest BCUT2D eigenvalue weighted by Gasteiger charge is 2.14. The molecule has 1 heterocycles. The fourth-order valence-corrected chi connectivity index (χ4v) is 4.13. The molecule has 0 bridgehead atoms. The van der Waals surface area contributed by atoms with Crippen LogP contribution in [0.3, 0.4) is 0 Å². The van der Waals surface area contributed by atoms with E-state index < -0.39 is 10.0 Å². The fraction of sp³-hybridized carbons (Fsp3) is 0.167. The molecule has 0 amide bonds. The van der Waals surface area contributed by atoms with Crippen molar-refractivity contribution >= 4 is 21.4 Å². The molecule has 0 radical (unpaired) electrons. The smallest absolute Gasteiger partial charge is 0.240 e. The molecular weight excluding hydrogens is 356 g/mol. The third kappa shape index (κ3) is 4.25. The Balaban J connectivity index is 1.74. The molecule has 0 saturated heterocycles. The zero-order chi connectivity index (χ0) is 17.9. The van der Waals surface area contributed by atoms with E-state index in [4.69, 9.17) is 4.74 Å². The van der Waals surface area contributed by atoms with Crippen molar-refractivity contribution in [1.82, 2.24) is 9.71 Å². The lowest BCUT2D eigenvalue weighted by Crippen LogP contribution is -2.23. The quantitative estimate of drug-likeness (QED) is 0.716. The summed E-state index contributed by atoms with van der Waals surface area (Å²) >= 11 is 1.57. The van der Waals surface area contributed by atoms with Crippen LogP contribution in [-0.2, 0) is 16.6 Å². The molecule has 1 aromatic heterocycles. The molecule has 0 saturated carbocycles. The lowest BCUT2D eigenvalue weighted by atomic mass is 10.1. The van der Waals surface area contributed by atoms with Crippen LogP contribution in [0.4, 0.5) is 0 Å². The average Bonchev–Trinajstić information content (AvgIpc) is 3.07. The average molecular weight is 374 g/mol. The van der Waals surface area contributed by atoms with E-state index >= 15 is 0 Å². The first kappa shape index (κ1) is 17.6. The van der Waals surface area contributed by atoms with Crippen molar-refractivity contribution in [3.8, 4) is 16.3 Å². The molecule has 5 nitrogen and oxygen atoms in total. The molecular formula is C18H18N2O3S2. The van der Waals surface area contributed by atoms with Crippen molar-refractivity contribution in [3.63, 3.8) is 0 Å². The van der Waals surface area contributed by atoms with E-state index in [2.05, 4.69) is 9.71 Å². The van der Waals surface area contributed by atoms with Crippen LogP contribution < -0.4 is 9.46 Å². The summed E-state index contributed by atoms with van der Waals surface area (Å²) in [5, 5.41) is 2.92. The number of benzene rings is 2. The SMILES string of the molecule is COc1ccc(S(=O)(=O)NCc2cccc(-c3nc(C)cs3)c2)cc1. The molecule has 0 aliphatic carbocycles. The van der Waals surface area contributed by atoms with E-state index in [-0.39, 0.29) is 11.4 Å². The number of thiazole rings is 1. The Labute approximate surface area is 151 Å². The van der Waals surface area contributed by atoms with Crippen LogP contribution in [0.5, 0.6) is 5.75 Å². The van der Waals surface area contributed by atoms with Gasteiger partial charge in [-0.25, -0.2) is 18.1 Å². The van der Waals surface area contributed by atoms with Gasteiger partial charge in [-0.3, -0.25) is 0 Å². The van der Waals surface area contributed by atoms with Gasteiger partial charge in [-0.05, 0) is 42.8 Å². The molecule has 0 unspecified atom stereocenters. The number of aromatic nitrogens is 1. The maximum atomic E-state index is 12.4. The van der Waals surface area contributed by atoms with Crippen LogP contribution in [0.1, 0.15) is 11.3 Å². The molecule has 7 heteroatoms. The van der Waals surface area contributed by atoms with Crippen LogP contribution in [0.15, 0.2) is 58.8 Å². The Morgan fingerprint density at radius 1 is 1.16 bits per heavy atom. The number of sulfonamides is 1. The minimum Gasteiger partial charge on any atom is -0.497 e. The van der Waals surface area contributed by atoms with Crippen LogP contribution in [0.25, 0.3) is 10.6 Å². The van der Waals surface area contributed by atoms with Crippen molar-refractivity contribution in [2.45, 2.75) is 18.4 Å². The van der Waals surface area contributed by atoms with Crippen molar-refractivity contribution in [2.75, 3.05) is 7.11 Å². The molecule has 0 fully saturated rings. The molecule has 0 aliphatic rings. The Morgan fingerprint density at radius 3 is 2.56 bits per heavy atom. The lowest BCUT2D eigenvalue weighted by molar-refractivity contribution is 0.414. The lowest BCUT2D eigenvalue weighted by Gasteiger charge is -2.08. The van der Waals surface area contributed by atoms with Gasteiger partial charge in [0.15, 0.2) is 0 Å². The first-order chi connectivity index (χ1) is 12.0. The summed E-state index contributed by atoms with van der Waals surface area (Å²) in [5.41, 5.74) is 2.84. The number of nitrogens with one attached hydrogen (secondary N) is 1. The van der Waals surface area contributed by atoms with E-state index in [0.717, 1.165) is 21.8 Å². The van der Waals surface area contributed by atoms with Gasteiger partial charge in [-0.15, -0.1) is 11.3 Å². The molecule has 25 heavy (non-hydrogen) atoms. The fourth-order valence-electron chi connectivity index (χ4n) is 2.32. The van der Waals surface area contributed by atoms with Gasteiger partial charge in [-0.1, -0.05) is 18.2 Å². The Hall–Kier alpha value is -2.22. The highest BCUT2D eigenvalue weighted by atomic mass is 32.2. The number of nitrogens with zero attached hydrogens (tertiary/aromatic N) is 1. The molecule has 0 aliphatic heterocycles. The van der Waals surface area contributed by atoms with E-state index in [1.165, 1.54) is 12.1 Å². The molecule has 2 aromatic carbocycles. The Kier molecular flexibility index (Phi) is 5.17. The third-order valence-corrected chi connectivity index (χ3v) is 6.06. The maximum absolute atomic E-state index is 12.4. The van der Waals surface area contributed by atoms with E-state index in [1.807, 2.05) is 36.6 Å². The van der Waals surface area contributed by atoms with E-state index in [0.29, 0.717) is 5.75 Å². The number of rotatable bonds is 6. The zero-order valence-electron chi connectivity index (χ0n) is 13.9. The second-order valence-corrected chi connectivity index (χ2v) is 8.12. The standard InChI is InChI=1S/C18H18N2O3S2/c1-13-12-24-18(20-13)15-5-3-4-14(10-15)11-19-25(21,22)17-8-6-16(23-2)7-9-17/h3-10,12,19H,11H2,1-2H3. The van der Waals surface area contributed by atoms with Crippen molar-refractivity contribution in [3.05, 3.63) is 65.2 Å². The largest absolute Gasteiger partial charge is 0.497 e. The number of hydrogen-bond acceptors (Lipinski definition) is 5. The van der Waals surface area contributed by atoms with Gasteiger partial charge in [0.25, 0.3) is 0 Å². The number of ether oxygens (including phenoxy) is 1. The zero-order valence-corrected chi connectivity index (χ0v) is 15.5. The van der Waals surface area contributed by atoms with Gasteiger partial charge in [-0.2, -0.15) is 0 Å². The summed E-state index contributed by atoms with van der Waals surface area (Å²) in [6.45, 7) is 2.17. The number of hydrogen-bond donors (Lipinski definition) is 1. The molecule has 3 aromatic rings. The number of aryl methyl sites for hydroxylation is 1. The molecule has 0 atom stereocenters. The second-order valence-electron chi connectivity index (χ2n) is 5.49. The first-order valence-electron chi connectivity index (χ1n) is 7.63. The molecule has 1 N–H and O–H groups in total. The highest BCUT2D eigenvalue weighted by molar-refractivity contribution is 7.89. The molecule has 3 rings (SSSR count). The van der Waals surface area contributed by atoms with E-state index in [9.17, 15) is 8.42 Å².